The smallest absolute Gasteiger partial charge is 0.317 e. The number of carboxylic acid groups (broad SMARTS) is 1. The Kier molecular flexibility index (Phi) is 5.54. The van der Waals surface area contributed by atoms with Gasteiger partial charge in [-0.05, 0) is 19.1 Å². The molecular weight excluding hydrogens is 236 g/mol. The van der Waals surface area contributed by atoms with Gasteiger partial charge in [-0.2, -0.15) is 0 Å². The van der Waals surface area contributed by atoms with E-state index >= 15 is 0 Å². The van der Waals surface area contributed by atoms with E-state index in [-0.39, 0.29) is 18.8 Å². The Morgan fingerprint density at radius 3 is 2.83 bits per heavy atom. The fourth-order valence-electron chi connectivity index (χ4n) is 1.56. The Hall–Kier alpha value is -1.66. The molecule has 1 rings (SSSR count). The van der Waals surface area contributed by atoms with E-state index in [1.54, 1.807) is 24.1 Å². The summed E-state index contributed by atoms with van der Waals surface area (Å²) in [5.74, 6) is -0.841. The van der Waals surface area contributed by atoms with Crippen molar-refractivity contribution >= 4 is 5.97 Å². The lowest BCUT2D eigenvalue weighted by Crippen LogP contribution is -2.32. The molecule has 18 heavy (non-hydrogen) atoms. The first kappa shape index (κ1) is 14.4. The first-order valence-electron chi connectivity index (χ1n) is 5.61. The minimum absolute atomic E-state index is 0.0772. The van der Waals surface area contributed by atoms with Crippen molar-refractivity contribution in [2.24, 2.45) is 0 Å². The first-order chi connectivity index (χ1) is 8.52. The summed E-state index contributed by atoms with van der Waals surface area (Å²) in [6, 6.07) is 3.27. The normalized spacial score (nSPS) is 10.8. The van der Waals surface area contributed by atoms with Gasteiger partial charge in [0.05, 0.1) is 18.8 Å². The maximum absolute atomic E-state index is 10.7. The number of hydrogen-bond donors (Lipinski definition) is 2. The molecule has 100 valence electrons. The molecular formula is C12H18N2O4. The molecule has 0 spiro atoms. The van der Waals surface area contributed by atoms with Crippen LogP contribution in [0.5, 0.6) is 5.75 Å². The zero-order valence-electron chi connectivity index (χ0n) is 10.6. The predicted molar refractivity (Wildman–Crippen MR) is 65.4 cm³/mol. The van der Waals surface area contributed by atoms with Crippen molar-refractivity contribution in [1.82, 2.24) is 9.88 Å². The molecule has 0 saturated heterocycles. The molecule has 0 radical (unpaired) electrons. The summed E-state index contributed by atoms with van der Waals surface area (Å²) in [6.45, 7) is 2.89. The van der Waals surface area contributed by atoms with Crippen LogP contribution in [0, 0.1) is 6.92 Å². The zero-order valence-corrected chi connectivity index (χ0v) is 10.6. The lowest BCUT2D eigenvalue weighted by Gasteiger charge is -2.19. The van der Waals surface area contributed by atoms with Gasteiger partial charge in [0.1, 0.15) is 5.75 Å². The van der Waals surface area contributed by atoms with Crippen molar-refractivity contribution in [3.05, 3.63) is 23.5 Å². The Morgan fingerprint density at radius 1 is 1.50 bits per heavy atom. The summed E-state index contributed by atoms with van der Waals surface area (Å²) >= 11 is 0. The van der Waals surface area contributed by atoms with E-state index in [2.05, 4.69) is 4.98 Å². The van der Waals surface area contributed by atoms with Crippen LogP contribution in [0.2, 0.25) is 0 Å². The number of aromatic hydroxyl groups is 1. The Bertz CT molecular complexity index is 409. The van der Waals surface area contributed by atoms with Gasteiger partial charge in [0, 0.05) is 25.9 Å². The van der Waals surface area contributed by atoms with Gasteiger partial charge in [-0.15, -0.1) is 0 Å². The number of pyridine rings is 1. The van der Waals surface area contributed by atoms with Crippen molar-refractivity contribution < 1.29 is 19.7 Å². The fourth-order valence-corrected chi connectivity index (χ4v) is 1.56. The summed E-state index contributed by atoms with van der Waals surface area (Å²) in [6.07, 6.45) is 0. The van der Waals surface area contributed by atoms with Gasteiger partial charge in [-0.25, -0.2) is 0 Å². The number of carbonyl (C=O) groups is 1. The van der Waals surface area contributed by atoms with E-state index in [1.165, 1.54) is 0 Å². The van der Waals surface area contributed by atoms with Crippen molar-refractivity contribution in [3.63, 3.8) is 0 Å². The molecule has 1 heterocycles. The standard InChI is InChI=1S/C12H18N2O4/c1-9-3-4-11(15)10(13-9)7-14(5-6-18-2)8-12(16)17/h3-4,15H,5-8H2,1-2H3,(H,16,17). The van der Waals surface area contributed by atoms with Crippen LogP contribution in [0.15, 0.2) is 12.1 Å². The quantitative estimate of drug-likeness (QED) is 0.742. The van der Waals surface area contributed by atoms with Crippen LogP contribution < -0.4 is 0 Å². The number of nitrogens with zero attached hydrogens (tertiary/aromatic N) is 2. The van der Waals surface area contributed by atoms with Gasteiger partial charge in [0.2, 0.25) is 0 Å². The molecule has 1 aromatic heterocycles. The highest BCUT2D eigenvalue weighted by molar-refractivity contribution is 5.69. The summed E-state index contributed by atoms with van der Waals surface area (Å²) in [4.78, 5) is 16.6. The molecule has 0 atom stereocenters. The monoisotopic (exact) mass is 254 g/mol. The van der Waals surface area contributed by atoms with Gasteiger partial charge < -0.3 is 14.9 Å². The third-order valence-electron chi connectivity index (χ3n) is 2.43. The van der Waals surface area contributed by atoms with Gasteiger partial charge in [-0.3, -0.25) is 14.7 Å². The van der Waals surface area contributed by atoms with E-state index in [4.69, 9.17) is 9.84 Å². The second kappa shape index (κ2) is 6.93. The molecule has 2 N–H and O–H groups in total. The summed E-state index contributed by atoms with van der Waals surface area (Å²) in [5.41, 5.74) is 1.26. The third-order valence-corrected chi connectivity index (χ3v) is 2.43. The van der Waals surface area contributed by atoms with Gasteiger partial charge >= 0.3 is 5.97 Å². The molecule has 0 aliphatic carbocycles. The Morgan fingerprint density at radius 2 is 2.22 bits per heavy atom. The summed E-state index contributed by atoms with van der Waals surface area (Å²) in [7, 11) is 1.56. The van der Waals surface area contributed by atoms with Crippen LogP contribution in [0.25, 0.3) is 0 Å². The number of carboxylic acids is 1. The first-order valence-corrected chi connectivity index (χ1v) is 5.61. The highest BCUT2D eigenvalue weighted by atomic mass is 16.5. The maximum Gasteiger partial charge on any atom is 0.317 e. The lowest BCUT2D eigenvalue weighted by atomic mass is 10.2. The molecule has 0 saturated carbocycles. The number of rotatable bonds is 7. The van der Waals surface area contributed by atoms with Crippen molar-refractivity contribution in [3.8, 4) is 5.75 Å². The van der Waals surface area contributed by atoms with Crippen LogP contribution in [0.1, 0.15) is 11.4 Å². The molecule has 1 aromatic rings. The topological polar surface area (TPSA) is 82.9 Å². The average Bonchev–Trinajstić information content (AvgIpc) is 2.30. The van der Waals surface area contributed by atoms with Crippen LogP contribution in [0.3, 0.4) is 0 Å². The molecule has 0 fully saturated rings. The minimum atomic E-state index is -0.918. The third kappa shape index (κ3) is 4.68. The van der Waals surface area contributed by atoms with E-state index in [0.29, 0.717) is 18.8 Å². The highest BCUT2D eigenvalue weighted by Crippen LogP contribution is 2.16. The van der Waals surface area contributed by atoms with Crippen molar-refractivity contribution in [1.29, 1.82) is 0 Å². The van der Waals surface area contributed by atoms with Gasteiger partial charge in [-0.1, -0.05) is 0 Å². The number of aromatic nitrogens is 1. The van der Waals surface area contributed by atoms with Crippen LogP contribution in [-0.4, -0.2) is 52.9 Å². The van der Waals surface area contributed by atoms with Gasteiger partial charge in [0.15, 0.2) is 0 Å². The van der Waals surface area contributed by atoms with Crippen molar-refractivity contribution in [2.75, 3.05) is 26.8 Å². The highest BCUT2D eigenvalue weighted by Gasteiger charge is 2.13. The summed E-state index contributed by atoms with van der Waals surface area (Å²) < 4.78 is 4.93. The summed E-state index contributed by atoms with van der Waals surface area (Å²) in [5, 5.41) is 18.5. The molecule has 6 nitrogen and oxygen atoms in total. The molecule has 0 amide bonds. The number of aliphatic carboxylic acids is 1. The SMILES string of the molecule is COCCN(CC(=O)O)Cc1nc(C)ccc1O. The number of hydrogen-bond acceptors (Lipinski definition) is 5. The van der Waals surface area contributed by atoms with Crippen LogP contribution in [0.4, 0.5) is 0 Å². The zero-order chi connectivity index (χ0) is 13.5. The van der Waals surface area contributed by atoms with Crippen LogP contribution in [-0.2, 0) is 16.1 Å². The van der Waals surface area contributed by atoms with Crippen molar-refractivity contribution in [2.45, 2.75) is 13.5 Å². The largest absolute Gasteiger partial charge is 0.506 e. The molecule has 0 aliphatic rings. The second-order valence-corrected chi connectivity index (χ2v) is 4.02. The van der Waals surface area contributed by atoms with E-state index in [9.17, 15) is 9.90 Å². The van der Waals surface area contributed by atoms with E-state index in [0.717, 1.165) is 5.69 Å². The Balaban J connectivity index is 2.74. The average molecular weight is 254 g/mol. The molecule has 0 aromatic carbocycles. The molecule has 6 heteroatoms. The minimum Gasteiger partial charge on any atom is -0.506 e. The lowest BCUT2D eigenvalue weighted by molar-refractivity contribution is -0.138. The maximum atomic E-state index is 10.7. The fraction of sp³-hybridized carbons (Fsp3) is 0.500. The van der Waals surface area contributed by atoms with Gasteiger partial charge in [0.25, 0.3) is 0 Å². The van der Waals surface area contributed by atoms with Crippen LogP contribution >= 0.6 is 0 Å². The molecule has 0 aliphatic heterocycles. The number of ether oxygens (including phenoxy) is 1. The van der Waals surface area contributed by atoms with E-state index < -0.39 is 5.97 Å². The second-order valence-electron chi connectivity index (χ2n) is 4.02. The predicted octanol–water partition coefficient (Wildman–Crippen LogP) is 0.629. The number of aryl methyl sites for hydroxylation is 1. The Labute approximate surface area is 106 Å². The molecule has 0 bridgehead atoms. The number of methoxy groups -OCH3 is 1. The van der Waals surface area contributed by atoms with E-state index in [1.807, 2.05) is 6.92 Å². The molecule has 0 unspecified atom stereocenters.